The number of hydrogen-bond donors (Lipinski definition) is 0. The molecule has 0 N–H and O–H groups in total. The molecular formula is C7H17Cl2NSiTi-2. The van der Waals surface area contributed by atoms with E-state index in [-0.39, 0.29) is 0 Å². The molecule has 0 saturated carbocycles. The Morgan fingerprint density at radius 3 is 2.08 bits per heavy atom. The van der Waals surface area contributed by atoms with E-state index < -0.39 is 25.3 Å². The zero-order valence-corrected chi connectivity index (χ0v) is 12.1. The second kappa shape index (κ2) is 10.6. The molecule has 0 saturated heterocycles. The van der Waals surface area contributed by atoms with Crippen molar-refractivity contribution in [2.45, 2.75) is 32.9 Å². The Balaban J connectivity index is 0. The molecule has 0 aromatic carbocycles. The van der Waals surface area contributed by atoms with Gasteiger partial charge in [-0.1, -0.05) is 19.8 Å². The molecule has 0 fully saturated rings. The zero-order valence-electron chi connectivity index (χ0n) is 8.03. The second-order valence-corrected chi connectivity index (χ2v) is 9.64. The maximum absolute atomic E-state index is 4.89. The van der Waals surface area contributed by atoms with Crippen molar-refractivity contribution in [1.29, 1.82) is 0 Å². The molecule has 0 unspecified atom stereocenters. The van der Waals surface area contributed by atoms with Crippen molar-refractivity contribution in [3.8, 4) is 0 Å². The number of hydrogen-bond acceptors (Lipinski definition) is 0. The summed E-state index contributed by atoms with van der Waals surface area (Å²) < 4.78 is 0. The summed E-state index contributed by atoms with van der Waals surface area (Å²) in [4.78, 5) is 4.47. The molecule has 0 aliphatic carbocycles. The fourth-order valence-corrected chi connectivity index (χ4v) is 1.30. The average Bonchev–Trinajstić information content (AvgIpc) is 1.87. The molecule has 0 heterocycles. The van der Waals surface area contributed by atoms with Crippen LogP contribution < -0.4 is 0 Å². The number of nitrogens with zero attached hydrogens (tertiary/aromatic N) is 1. The summed E-state index contributed by atoms with van der Waals surface area (Å²) in [5.74, 6) is 0. The first kappa shape index (κ1) is 15.9. The van der Waals surface area contributed by atoms with E-state index in [0.717, 1.165) is 6.54 Å². The van der Waals surface area contributed by atoms with E-state index in [1.807, 2.05) is 0 Å². The standard InChI is InChI=1S/C7H17NSi.2ClH.Ti/c1-5-6-7-8-9(2,3)4;;;/h2,5-7H2,1,3-4H3;2*1H;/q-2;;;+2/p-2. The summed E-state index contributed by atoms with van der Waals surface area (Å²) in [6, 6.07) is 0. The molecule has 5 heteroatoms. The Hall–Kier alpha value is 1.47. The van der Waals surface area contributed by atoms with Crippen LogP contribution in [0.25, 0.3) is 4.98 Å². The van der Waals surface area contributed by atoms with E-state index >= 15 is 0 Å². The molecule has 0 atom stereocenters. The Labute approximate surface area is 94.4 Å². The Kier molecular flexibility index (Phi) is 14.0. The number of unbranched alkanes of at least 4 members (excludes halogenated alkanes) is 1. The first-order valence-electron chi connectivity index (χ1n) is 3.98. The zero-order chi connectivity index (χ0) is 10.0. The molecule has 0 amide bonds. The molecular weight excluding hydrogens is 245 g/mol. The molecule has 0 rings (SSSR count). The van der Waals surface area contributed by atoms with Crippen molar-refractivity contribution >= 4 is 26.8 Å². The Morgan fingerprint density at radius 2 is 1.83 bits per heavy atom. The monoisotopic (exact) mass is 261 g/mol. The van der Waals surface area contributed by atoms with Gasteiger partial charge in [0.15, 0.2) is 0 Å². The average molecular weight is 262 g/mol. The SMILES string of the molecule is [CH2-][Si](C)(C)[N-]CCCC.[Cl][Ti][Cl]. The normalized spacial score (nSPS) is 10.2. The molecule has 12 heavy (non-hydrogen) atoms. The van der Waals surface area contributed by atoms with E-state index in [9.17, 15) is 0 Å². The van der Waals surface area contributed by atoms with Crippen LogP contribution in [0.15, 0.2) is 0 Å². The summed E-state index contributed by atoms with van der Waals surface area (Å²) in [5.41, 5.74) is 0. The van der Waals surface area contributed by atoms with E-state index in [4.69, 9.17) is 18.6 Å². The van der Waals surface area contributed by atoms with Gasteiger partial charge in [0, 0.05) is 0 Å². The number of rotatable bonds is 4. The topological polar surface area (TPSA) is 14.1 Å². The van der Waals surface area contributed by atoms with Gasteiger partial charge >= 0.3 is 35.6 Å². The van der Waals surface area contributed by atoms with Gasteiger partial charge in [0.2, 0.25) is 0 Å². The maximum atomic E-state index is 4.89. The first-order chi connectivity index (χ1) is 5.47. The molecule has 1 nitrogen and oxygen atoms in total. The third kappa shape index (κ3) is 22.5. The van der Waals surface area contributed by atoms with Crippen molar-refractivity contribution < 1.29 is 17.0 Å². The van der Waals surface area contributed by atoms with Crippen LogP contribution in [0.4, 0.5) is 0 Å². The van der Waals surface area contributed by atoms with Gasteiger partial charge < -0.3 is 11.5 Å². The van der Waals surface area contributed by atoms with Gasteiger partial charge in [-0.05, 0) is 0 Å². The van der Waals surface area contributed by atoms with Crippen molar-refractivity contribution in [3.05, 3.63) is 11.5 Å². The van der Waals surface area contributed by atoms with Gasteiger partial charge in [0.25, 0.3) is 0 Å². The minimum atomic E-state index is -1.32. The van der Waals surface area contributed by atoms with Crippen LogP contribution in [0.1, 0.15) is 19.8 Å². The summed E-state index contributed by atoms with van der Waals surface area (Å²) >= 11 is -0.556. The quantitative estimate of drug-likeness (QED) is 0.411. The first-order valence-corrected chi connectivity index (χ1v) is 11.4. The van der Waals surface area contributed by atoms with Crippen LogP contribution in [0.2, 0.25) is 13.1 Å². The third-order valence-corrected chi connectivity index (χ3v) is 2.13. The molecule has 0 aromatic heterocycles. The molecule has 0 aromatic rings. The molecule has 74 valence electrons. The minimum absolute atomic E-state index is 0.556. The summed E-state index contributed by atoms with van der Waals surface area (Å²) in [6.07, 6.45) is 2.47. The molecule has 0 bridgehead atoms. The van der Waals surface area contributed by atoms with Gasteiger partial charge in [0.1, 0.15) is 0 Å². The molecule has 0 aliphatic heterocycles. The van der Waals surface area contributed by atoms with Crippen LogP contribution in [0, 0.1) is 6.55 Å². The van der Waals surface area contributed by atoms with Gasteiger partial charge in [-0.2, -0.15) is 6.54 Å². The summed E-state index contributed by atoms with van der Waals surface area (Å²) in [7, 11) is 8.46. The summed E-state index contributed by atoms with van der Waals surface area (Å²) in [5, 5.41) is 0. The summed E-state index contributed by atoms with van der Waals surface area (Å²) in [6.45, 7) is 11.6. The van der Waals surface area contributed by atoms with Crippen LogP contribution in [0.3, 0.4) is 0 Å². The fraction of sp³-hybridized carbons (Fsp3) is 0.857. The van der Waals surface area contributed by atoms with Crippen LogP contribution in [-0.2, 0) is 17.0 Å². The van der Waals surface area contributed by atoms with Crippen molar-refractivity contribution in [2.24, 2.45) is 0 Å². The van der Waals surface area contributed by atoms with Crippen LogP contribution in [-0.4, -0.2) is 14.8 Å². The Morgan fingerprint density at radius 1 is 1.42 bits per heavy atom. The Bertz CT molecular complexity index is 88.0. The van der Waals surface area contributed by atoms with Crippen molar-refractivity contribution in [3.63, 3.8) is 0 Å². The van der Waals surface area contributed by atoms with Gasteiger partial charge in [-0.15, -0.1) is 13.1 Å². The van der Waals surface area contributed by atoms with Crippen LogP contribution in [0.5, 0.6) is 0 Å². The molecule has 0 aliphatic rings. The predicted molar refractivity (Wildman–Crippen MR) is 57.7 cm³/mol. The van der Waals surface area contributed by atoms with E-state index in [0.29, 0.717) is 0 Å². The van der Waals surface area contributed by atoms with Gasteiger partial charge in [0.05, 0.1) is 0 Å². The molecule has 0 radical (unpaired) electrons. The van der Waals surface area contributed by atoms with E-state index in [1.165, 1.54) is 12.8 Å². The van der Waals surface area contributed by atoms with Crippen LogP contribution >= 0.6 is 18.6 Å². The fourth-order valence-electron chi connectivity index (χ4n) is 0.540. The van der Waals surface area contributed by atoms with E-state index in [2.05, 4.69) is 31.5 Å². The van der Waals surface area contributed by atoms with Crippen molar-refractivity contribution in [1.82, 2.24) is 0 Å². The van der Waals surface area contributed by atoms with Gasteiger partial charge in [-0.3, -0.25) is 0 Å². The van der Waals surface area contributed by atoms with Gasteiger partial charge in [-0.25, -0.2) is 8.24 Å². The second-order valence-electron chi connectivity index (χ2n) is 3.12. The van der Waals surface area contributed by atoms with Crippen molar-refractivity contribution in [2.75, 3.05) is 6.54 Å². The predicted octanol–water partition coefficient (Wildman–Crippen LogP) is 4.12. The molecule has 0 spiro atoms. The third-order valence-electron chi connectivity index (χ3n) is 1.05. The van der Waals surface area contributed by atoms with E-state index in [1.54, 1.807) is 0 Å². The number of halogens is 2.